The lowest BCUT2D eigenvalue weighted by Gasteiger charge is -2.21. The molecule has 0 fully saturated rings. The average molecular weight is 401 g/mol. The first-order valence-electron chi connectivity index (χ1n) is 9.10. The van der Waals surface area contributed by atoms with Crippen molar-refractivity contribution >= 4 is 23.8 Å². The quantitative estimate of drug-likeness (QED) is 0.804. The summed E-state index contributed by atoms with van der Waals surface area (Å²) in [5.41, 5.74) is 2.15. The second-order valence-corrected chi connectivity index (χ2v) is 7.72. The van der Waals surface area contributed by atoms with Gasteiger partial charge < -0.3 is 5.11 Å². The summed E-state index contributed by atoms with van der Waals surface area (Å²) < 4.78 is 2.85. The largest absolute Gasteiger partial charge is 0.494 e. The van der Waals surface area contributed by atoms with Crippen molar-refractivity contribution in [2.24, 2.45) is 19.2 Å². The smallest absolute Gasteiger partial charge is 0.267 e. The molecule has 1 aliphatic rings. The molecule has 7 nitrogen and oxygen atoms in total. The highest BCUT2D eigenvalue weighted by Gasteiger charge is 2.34. The normalized spacial score (nSPS) is 16.6. The van der Waals surface area contributed by atoms with Crippen LogP contribution in [0.1, 0.15) is 55.8 Å². The standard InChI is InChI=1S/C20H24N4O3S/c1-11(2)13-6-8-14(9-7-13)16-10-15(21-24(16)12(3)25)17-18(26)22(4)20(28)23(5)19(17)27/h6-9,11,16,26H,10H2,1-5H3. The van der Waals surface area contributed by atoms with Gasteiger partial charge in [0.25, 0.3) is 5.56 Å². The fourth-order valence-electron chi connectivity index (χ4n) is 3.40. The van der Waals surface area contributed by atoms with Crippen molar-refractivity contribution < 1.29 is 9.90 Å². The monoisotopic (exact) mass is 400 g/mol. The highest BCUT2D eigenvalue weighted by Crippen LogP contribution is 2.34. The van der Waals surface area contributed by atoms with Crippen molar-refractivity contribution in [1.29, 1.82) is 0 Å². The Kier molecular flexibility index (Phi) is 5.25. The Bertz CT molecular complexity index is 1080. The van der Waals surface area contributed by atoms with E-state index in [1.807, 2.05) is 24.3 Å². The van der Waals surface area contributed by atoms with Crippen LogP contribution in [0.15, 0.2) is 34.2 Å². The van der Waals surface area contributed by atoms with Gasteiger partial charge in [-0.1, -0.05) is 38.1 Å². The fourth-order valence-corrected chi connectivity index (χ4v) is 3.57. The minimum absolute atomic E-state index is 0.0751. The van der Waals surface area contributed by atoms with Gasteiger partial charge in [0.2, 0.25) is 11.8 Å². The number of aromatic hydroxyl groups is 1. The van der Waals surface area contributed by atoms with E-state index in [9.17, 15) is 14.7 Å². The zero-order chi connectivity index (χ0) is 20.7. The Morgan fingerprint density at radius 3 is 2.36 bits per heavy atom. The summed E-state index contributed by atoms with van der Waals surface area (Å²) in [4.78, 5) is 24.9. The summed E-state index contributed by atoms with van der Waals surface area (Å²) >= 11 is 5.16. The maximum Gasteiger partial charge on any atom is 0.267 e. The number of hydrogen-bond acceptors (Lipinski definition) is 5. The van der Waals surface area contributed by atoms with E-state index in [0.717, 1.165) is 5.56 Å². The van der Waals surface area contributed by atoms with Crippen LogP contribution in [0.3, 0.4) is 0 Å². The Hall–Kier alpha value is -2.74. The Morgan fingerprint density at radius 1 is 1.21 bits per heavy atom. The first-order valence-corrected chi connectivity index (χ1v) is 9.50. The lowest BCUT2D eigenvalue weighted by molar-refractivity contribution is -0.130. The third-order valence-electron chi connectivity index (χ3n) is 5.14. The number of aromatic nitrogens is 2. The number of carbonyl (C=O) groups excluding carboxylic acids is 1. The third kappa shape index (κ3) is 3.28. The molecule has 0 aliphatic carbocycles. The van der Waals surface area contributed by atoms with E-state index in [4.69, 9.17) is 12.2 Å². The number of hydrazone groups is 1. The molecule has 1 aromatic heterocycles. The summed E-state index contributed by atoms with van der Waals surface area (Å²) in [6.07, 6.45) is 0.334. The molecule has 0 radical (unpaired) electrons. The lowest BCUT2D eigenvalue weighted by atomic mass is 9.96. The van der Waals surface area contributed by atoms with Crippen molar-refractivity contribution in [3.05, 3.63) is 56.1 Å². The van der Waals surface area contributed by atoms with Gasteiger partial charge >= 0.3 is 0 Å². The molecular formula is C20H24N4O3S. The molecule has 8 heteroatoms. The van der Waals surface area contributed by atoms with E-state index in [1.165, 1.54) is 26.6 Å². The predicted octanol–water partition coefficient (Wildman–Crippen LogP) is 2.98. The van der Waals surface area contributed by atoms with E-state index in [-0.39, 0.29) is 28.2 Å². The summed E-state index contributed by atoms with van der Waals surface area (Å²) in [6, 6.07) is 7.72. The van der Waals surface area contributed by atoms with E-state index in [2.05, 4.69) is 18.9 Å². The lowest BCUT2D eigenvalue weighted by Crippen LogP contribution is -2.28. The number of amides is 1. The van der Waals surface area contributed by atoms with Gasteiger partial charge in [-0.3, -0.25) is 18.7 Å². The number of nitrogens with zero attached hydrogens (tertiary/aromatic N) is 4. The molecule has 2 heterocycles. The molecule has 0 saturated carbocycles. The number of rotatable bonds is 3. The Morgan fingerprint density at radius 2 is 1.82 bits per heavy atom. The molecule has 1 amide bonds. The van der Waals surface area contributed by atoms with Crippen LogP contribution in [-0.2, 0) is 18.9 Å². The van der Waals surface area contributed by atoms with Crippen LogP contribution in [0, 0.1) is 4.77 Å². The molecule has 0 spiro atoms. The van der Waals surface area contributed by atoms with Gasteiger partial charge in [-0.05, 0) is 29.3 Å². The summed E-state index contributed by atoms with van der Waals surface area (Å²) in [5.74, 6) is -0.0649. The molecule has 1 unspecified atom stereocenters. The molecule has 2 aromatic rings. The molecule has 0 saturated heterocycles. The van der Waals surface area contributed by atoms with Gasteiger partial charge in [0.1, 0.15) is 5.56 Å². The molecule has 148 valence electrons. The molecular weight excluding hydrogens is 376 g/mol. The van der Waals surface area contributed by atoms with Gasteiger partial charge in [-0.2, -0.15) is 5.10 Å². The van der Waals surface area contributed by atoms with E-state index >= 15 is 0 Å². The van der Waals surface area contributed by atoms with Crippen molar-refractivity contribution in [2.75, 3.05) is 0 Å². The van der Waals surface area contributed by atoms with E-state index < -0.39 is 5.56 Å². The Balaban J connectivity index is 2.07. The summed E-state index contributed by atoms with van der Waals surface area (Å²) in [6.45, 7) is 5.68. The number of hydrogen-bond donors (Lipinski definition) is 1. The first kappa shape index (κ1) is 20.0. The zero-order valence-electron chi connectivity index (χ0n) is 16.6. The fraction of sp³-hybridized carbons (Fsp3) is 0.400. The molecule has 3 rings (SSSR count). The number of benzene rings is 1. The van der Waals surface area contributed by atoms with E-state index in [1.54, 1.807) is 14.1 Å². The summed E-state index contributed by atoms with van der Waals surface area (Å²) in [7, 11) is 3.13. The van der Waals surface area contributed by atoms with Crippen molar-refractivity contribution in [1.82, 2.24) is 14.1 Å². The van der Waals surface area contributed by atoms with Gasteiger partial charge in [-0.25, -0.2) is 5.01 Å². The summed E-state index contributed by atoms with van der Waals surface area (Å²) in [5, 5.41) is 16.3. The maximum atomic E-state index is 12.7. The van der Waals surface area contributed by atoms with E-state index in [0.29, 0.717) is 18.1 Å². The molecule has 0 bridgehead atoms. The van der Waals surface area contributed by atoms with Crippen LogP contribution in [0.5, 0.6) is 5.88 Å². The van der Waals surface area contributed by atoms with Crippen LogP contribution < -0.4 is 5.56 Å². The number of carbonyl (C=O) groups is 1. The molecule has 1 aromatic carbocycles. The van der Waals surface area contributed by atoms with Crippen LogP contribution in [0.25, 0.3) is 0 Å². The van der Waals surface area contributed by atoms with Crippen LogP contribution in [0.2, 0.25) is 0 Å². The van der Waals surface area contributed by atoms with Crippen molar-refractivity contribution in [2.45, 2.75) is 39.2 Å². The topological polar surface area (TPSA) is 79.8 Å². The molecule has 1 N–H and O–H groups in total. The minimum Gasteiger partial charge on any atom is -0.494 e. The average Bonchev–Trinajstić information content (AvgIpc) is 3.10. The van der Waals surface area contributed by atoms with Crippen LogP contribution >= 0.6 is 12.2 Å². The maximum absolute atomic E-state index is 12.7. The third-order valence-corrected chi connectivity index (χ3v) is 5.69. The van der Waals surface area contributed by atoms with Gasteiger partial charge in [0.15, 0.2) is 4.77 Å². The Labute approximate surface area is 168 Å². The van der Waals surface area contributed by atoms with Gasteiger partial charge in [-0.15, -0.1) is 0 Å². The SMILES string of the molecule is CC(=O)N1N=C(c2c(O)n(C)c(=S)n(C)c2=O)CC1c1ccc(C(C)C)cc1. The highest BCUT2D eigenvalue weighted by atomic mass is 32.1. The minimum atomic E-state index is -0.432. The van der Waals surface area contributed by atoms with Gasteiger partial charge in [0.05, 0.1) is 11.8 Å². The van der Waals surface area contributed by atoms with Crippen LogP contribution in [-0.4, -0.2) is 30.9 Å². The second kappa shape index (κ2) is 7.35. The zero-order valence-corrected chi connectivity index (χ0v) is 17.4. The molecule has 28 heavy (non-hydrogen) atoms. The molecule has 1 aliphatic heterocycles. The van der Waals surface area contributed by atoms with Crippen LogP contribution in [0.4, 0.5) is 0 Å². The second-order valence-electron chi connectivity index (χ2n) is 7.36. The van der Waals surface area contributed by atoms with Crippen molar-refractivity contribution in [3.8, 4) is 5.88 Å². The first-order chi connectivity index (χ1) is 13.1. The van der Waals surface area contributed by atoms with Gasteiger partial charge in [0, 0.05) is 27.4 Å². The molecule has 1 atom stereocenters. The predicted molar refractivity (Wildman–Crippen MR) is 110 cm³/mol. The highest BCUT2D eigenvalue weighted by molar-refractivity contribution is 7.71. The van der Waals surface area contributed by atoms with Crippen molar-refractivity contribution in [3.63, 3.8) is 0 Å².